The molecule has 0 radical (unpaired) electrons. The Bertz CT molecular complexity index is 458. The van der Waals surface area contributed by atoms with Crippen LogP contribution in [0.1, 0.15) is 24.8 Å². The lowest BCUT2D eigenvalue weighted by Crippen LogP contribution is -2.43. The van der Waals surface area contributed by atoms with Gasteiger partial charge in [0, 0.05) is 38.2 Å². The number of piperidine rings is 1. The Kier molecular flexibility index (Phi) is 4.32. The van der Waals surface area contributed by atoms with Gasteiger partial charge in [0.25, 0.3) is 0 Å². The molecule has 2 aliphatic rings. The van der Waals surface area contributed by atoms with Crippen LogP contribution in [0.5, 0.6) is 0 Å². The highest BCUT2D eigenvalue weighted by atomic mass is 35.5. The number of methoxy groups -OCH3 is 1. The smallest absolute Gasteiger partial charge is 0.0832 e. The maximum absolute atomic E-state index is 6.04. The molecule has 1 spiro atoms. The van der Waals surface area contributed by atoms with Gasteiger partial charge in [-0.05, 0) is 30.5 Å². The summed E-state index contributed by atoms with van der Waals surface area (Å²) in [5.74, 6) is 0. The number of benzene rings is 1. The SMILES string of the molecule is CO[C@H]1COC2(CCN(Cc3cccc(Cl)c3)CC2)C1. The van der Waals surface area contributed by atoms with Crippen molar-refractivity contribution >= 4 is 11.6 Å². The van der Waals surface area contributed by atoms with E-state index >= 15 is 0 Å². The van der Waals surface area contributed by atoms with Crippen LogP contribution in [0.2, 0.25) is 5.02 Å². The van der Waals surface area contributed by atoms with Gasteiger partial charge in [0.2, 0.25) is 0 Å². The molecule has 1 atom stereocenters. The summed E-state index contributed by atoms with van der Waals surface area (Å²) in [4.78, 5) is 2.49. The summed E-state index contributed by atoms with van der Waals surface area (Å²) < 4.78 is 11.5. The molecule has 20 heavy (non-hydrogen) atoms. The van der Waals surface area contributed by atoms with E-state index in [1.165, 1.54) is 5.56 Å². The number of hydrogen-bond donors (Lipinski definition) is 0. The summed E-state index contributed by atoms with van der Waals surface area (Å²) in [5, 5.41) is 0.818. The van der Waals surface area contributed by atoms with E-state index in [4.69, 9.17) is 21.1 Å². The Balaban J connectivity index is 1.54. The zero-order valence-corrected chi connectivity index (χ0v) is 12.7. The highest BCUT2D eigenvalue weighted by molar-refractivity contribution is 6.30. The van der Waals surface area contributed by atoms with Crippen molar-refractivity contribution in [1.29, 1.82) is 0 Å². The highest BCUT2D eigenvalue weighted by Gasteiger charge is 2.42. The van der Waals surface area contributed by atoms with Crippen LogP contribution >= 0.6 is 11.6 Å². The molecule has 0 bridgehead atoms. The zero-order chi connectivity index (χ0) is 14.0. The molecule has 110 valence electrons. The molecule has 0 aliphatic carbocycles. The Morgan fingerprint density at radius 1 is 1.40 bits per heavy atom. The minimum Gasteiger partial charge on any atom is -0.379 e. The maximum atomic E-state index is 6.04. The van der Waals surface area contributed by atoms with Crippen LogP contribution in [0.3, 0.4) is 0 Å². The lowest BCUT2D eigenvalue weighted by atomic mass is 9.88. The lowest BCUT2D eigenvalue weighted by molar-refractivity contribution is -0.0460. The van der Waals surface area contributed by atoms with Gasteiger partial charge in [-0.2, -0.15) is 0 Å². The topological polar surface area (TPSA) is 21.7 Å². The molecule has 0 unspecified atom stereocenters. The standard InChI is InChI=1S/C16H22ClNO2/c1-19-15-10-16(20-12-15)5-7-18(8-6-16)11-13-3-2-4-14(17)9-13/h2-4,9,15H,5-8,10-12H2,1H3/t15-/m1/s1. The quantitative estimate of drug-likeness (QED) is 0.855. The number of halogens is 1. The van der Waals surface area contributed by atoms with Gasteiger partial charge >= 0.3 is 0 Å². The van der Waals surface area contributed by atoms with Gasteiger partial charge < -0.3 is 9.47 Å². The summed E-state index contributed by atoms with van der Waals surface area (Å²) in [6, 6.07) is 8.14. The second kappa shape index (κ2) is 6.02. The maximum Gasteiger partial charge on any atom is 0.0832 e. The third-order valence-corrected chi connectivity index (χ3v) is 4.81. The first kappa shape index (κ1) is 14.3. The molecule has 3 nitrogen and oxygen atoms in total. The van der Waals surface area contributed by atoms with E-state index in [-0.39, 0.29) is 11.7 Å². The van der Waals surface area contributed by atoms with Gasteiger partial charge in [0.1, 0.15) is 0 Å². The average molecular weight is 296 g/mol. The van der Waals surface area contributed by atoms with Gasteiger partial charge in [-0.15, -0.1) is 0 Å². The van der Waals surface area contributed by atoms with E-state index in [9.17, 15) is 0 Å². The predicted octanol–water partition coefficient (Wildman–Crippen LogP) is 3.11. The van der Waals surface area contributed by atoms with Gasteiger partial charge in [0.05, 0.1) is 18.3 Å². The Morgan fingerprint density at radius 3 is 2.85 bits per heavy atom. The third kappa shape index (κ3) is 3.17. The second-order valence-electron chi connectivity index (χ2n) is 5.96. The van der Waals surface area contributed by atoms with Crippen molar-refractivity contribution < 1.29 is 9.47 Å². The Hall–Kier alpha value is -0.610. The van der Waals surface area contributed by atoms with Crippen LogP contribution in [-0.2, 0) is 16.0 Å². The fraction of sp³-hybridized carbons (Fsp3) is 0.625. The van der Waals surface area contributed by atoms with Crippen molar-refractivity contribution in [2.75, 3.05) is 26.8 Å². The van der Waals surface area contributed by atoms with Crippen molar-refractivity contribution in [3.8, 4) is 0 Å². The molecule has 4 heteroatoms. The Labute approximate surface area is 125 Å². The summed E-state index contributed by atoms with van der Waals surface area (Å²) >= 11 is 6.04. The predicted molar refractivity (Wildman–Crippen MR) is 80.1 cm³/mol. The van der Waals surface area contributed by atoms with Crippen LogP contribution in [0, 0.1) is 0 Å². The van der Waals surface area contributed by atoms with E-state index in [2.05, 4.69) is 17.0 Å². The van der Waals surface area contributed by atoms with E-state index in [1.54, 1.807) is 7.11 Å². The number of likely N-dealkylation sites (tertiary alicyclic amines) is 1. The van der Waals surface area contributed by atoms with E-state index in [0.29, 0.717) is 0 Å². The molecule has 1 aromatic rings. The van der Waals surface area contributed by atoms with Gasteiger partial charge in [-0.25, -0.2) is 0 Å². The van der Waals surface area contributed by atoms with Gasteiger partial charge in [-0.3, -0.25) is 4.90 Å². The summed E-state index contributed by atoms with van der Waals surface area (Å²) in [6.45, 7) is 3.90. The Morgan fingerprint density at radius 2 is 2.20 bits per heavy atom. The third-order valence-electron chi connectivity index (χ3n) is 4.57. The highest BCUT2D eigenvalue weighted by Crippen LogP contribution is 2.37. The molecule has 2 fully saturated rings. The zero-order valence-electron chi connectivity index (χ0n) is 12.0. The summed E-state index contributed by atoms with van der Waals surface area (Å²) in [7, 11) is 1.78. The second-order valence-corrected chi connectivity index (χ2v) is 6.40. The monoisotopic (exact) mass is 295 g/mol. The number of ether oxygens (including phenoxy) is 2. The van der Waals surface area contributed by atoms with Crippen LogP contribution in [-0.4, -0.2) is 43.4 Å². The molecule has 2 aliphatic heterocycles. The fourth-order valence-electron chi connectivity index (χ4n) is 3.31. The van der Waals surface area contributed by atoms with Crippen molar-refractivity contribution in [2.24, 2.45) is 0 Å². The lowest BCUT2D eigenvalue weighted by Gasteiger charge is -2.38. The minimum atomic E-state index is 0.0749. The van der Waals surface area contributed by atoms with Crippen LogP contribution < -0.4 is 0 Å². The average Bonchev–Trinajstić information content (AvgIpc) is 2.85. The molecule has 2 heterocycles. The largest absolute Gasteiger partial charge is 0.379 e. The molecular formula is C16H22ClNO2. The van der Waals surface area contributed by atoms with E-state index < -0.39 is 0 Å². The molecule has 1 aromatic carbocycles. The molecule has 0 N–H and O–H groups in total. The van der Waals surface area contributed by atoms with Crippen molar-refractivity contribution in [3.05, 3.63) is 34.9 Å². The molecular weight excluding hydrogens is 274 g/mol. The normalized spacial score (nSPS) is 26.2. The number of hydrogen-bond acceptors (Lipinski definition) is 3. The van der Waals surface area contributed by atoms with Crippen LogP contribution in [0.25, 0.3) is 0 Å². The van der Waals surface area contributed by atoms with Crippen LogP contribution in [0.4, 0.5) is 0 Å². The van der Waals surface area contributed by atoms with E-state index in [1.807, 2.05) is 12.1 Å². The molecule has 3 rings (SSSR count). The van der Waals surface area contributed by atoms with Crippen molar-refractivity contribution in [3.63, 3.8) is 0 Å². The molecule has 0 aromatic heterocycles. The van der Waals surface area contributed by atoms with Crippen molar-refractivity contribution in [2.45, 2.75) is 37.5 Å². The first-order chi connectivity index (χ1) is 9.69. The summed E-state index contributed by atoms with van der Waals surface area (Å²) in [6.07, 6.45) is 3.55. The van der Waals surface area contributed by atoms with Gasteiger partial charge in [-0.1, -0.05) is 23.7 Å². The minimum absolute atomic E-state index is 0.0749. The summed E-state index contributed by atoms with van der Waals surface area (Å²) in [5.41, 5.74) is 1.36. The van der Waals surface area contributed by atoms with Gasteiger partial charge in [0.15, 0.2) is 0 Å². The van der Waals surface area contributed by atoms with E-state index in [0.717, 1.165) is 50.5 Å². The number of nitrogens with zero attached hydrogens (tertiary/aromatic N) is 1. The first-order valence-corrected chi connectivity index (χ1v) is 7.70. The number of rotatable bonds is 3. The fourth-order valence-corrected chi connectivity index (χ4v) is 3.53. The molecule has 0 amide bonds. The van der Waals surface area contributed by atoms with Crippen LogP contribution in [0.15, 0.2) is 24.3 Å². The first-order valence-electron chi connectivity index (χ1n) is 7.33. The molecule has 2 saturated heterocycles. The van der Waals surface area contributed by atoms with Crippen molar-refractivity contribution in [1.82, 2.24) is 4.90 Å². The molecule has 0 saturated carbocycles.